The topological polar surface area (TPSA) is 170 Å². The zero-order valence-electron chi connectivity index (χ0n) is 18.3. The largest absolute Gasteiger partial charge is 0.465 e. The molecule has 178 valence electrons. The number of ether oxygens (including phenoxy) is 1. The number of alkyl halides is 1. The lowest BCUT2D eigenvalue weighted by atomic mass is 10.1. The van der Waals surface area contributed by atoms with Gasteiger partial charge in [0.25, 0.3) is 11.8 Å². The predicted octanol–water partition coefficient (Wildman–Crippen LogP) is -0.555. The zero-order valence-corrected chi connectivity index (χ0v) is 18.3. The van der Waals surface area contributed by atoms with Gasteiger partial charge in [0.1, 0.15) is 11.9 Å². The third kappa shape index (κ3) is 7.88. The first-order chi connectivity index (χ1) is 15.7. The maximum atomic E-state index is 14.3. The van der Waals surface area contributed by atoms with Gasteiger partial charge in [-0.25, -0.2) is 15.0 Å². The van der Waals surface area contributed by atoms with Crippen LogP contribution in [0.5, 0.6) is 0 Å². The number of esters is 1. The van der Waals surface area contributed by atoms with E-state index in [9.17, 15) is 18.8 Å². The molecule has 0 bridgehead atoms. The van der Waals surface area contributed by atoms with Crippen molar-refractivity contribution >= 4 is 17.8 Å². The Morgan fingerprint density at radius 2 is 2.12 bits per heavy atom. The molecule has 2 aromatic rings. The molecule has 2 rings (SSSR count). The highest BCUT2D eigenvalue weighted by atomic mass is 19.1. The molecular formula is C20H27FN8O4. The second-order valence-corrected chi connectivity index (χ2v) is 6.99. The third-order valence-electron chi connectivity index (χ3n) is 4.45. The highest BCUT2D eigenvalue weighted by Gasteiger charge is 2.14. The predicted molar refractivity (Wildman–Crippen MR) is 116 cm³/mol. The molecule has 0 saturated heterocycles. The summed E-state index contributed by atoms with van der Waals surface area (Å²) in [5.41, 5.74) is 6.68. The molecule has 0 radical (unpaired) electrons. The molecule has 1 aromatic carbocycles. The van der Waals surface area contributed by atoms with Crippen molar-refractivity contribution in [1.82, 2.24) is 30.6 Å². The molecule has 0 spiro atoms. The van der Waals surface area contributed by atoms with Gasteiger partial charge in [-0.3, -0.25) is 14.3 Å². The summed E-state index contributed by atoms with van der Waals surface area (Å²) in [6.07, 6.45) is 1.25. The van der Waals surface area contributed by atoms with Crippen LogP contribution in [-0.4, -0.2) is 64.7 Å². The summed E-state index contributed by atoms with van der Waals surface area (Å²) in [4.78, 5) is 35.2. The molecule has 1 aromatic heterocycles. The summed E-state index contributed by atoms with van der Waals surface area (Å²) in [7, 11) is 2.75. The number of nitrogens with one attached hydrogen (secondary N) is 2. The normalized spacial score (nSPS) is 12.1. The fourth-order valence-electron chi connectivity index (χ4n) is 2.73. The van der Waals surface area contributed by atoms with Gasteiger partial charge in [0.2, 0.25) is 0 Å². The number of nitrogens with zero attached hydrogens (tertiary/aromatic N) is 4. The number of nitrogens with two attached hydrogens (primary N) is 2. The SMILES string of the molecule is CNC(=O)c1cn(CCC(F)CN(N)/C=C(\N)C(=O)NCc2cccc(C(=O)OC)c2)nn1. The lowest BCUT2D eigenvalue weighted by Gasteiger charge is -2.17. The number of hydrazine groups is 1. The van der Waals surface area contributed by atoms with Gasteiger partial charge in [-0.15, -0.1) is 5.10 Å². The van der Waals surface area contributed by atoms with Crippen molar-refractivity contribution in [2.75, 3.05) is 20.7 Å². The number of halogens is 1. The summed E-state index contributed by atoms with van der Waals surface area (Å²) in [5, 5.41) is 13.4. The Morgan fingerprint density at radius 1 is 1.36 bits per heavy atom. The summed E-state index contributed by atoms with van der Waals surface area (Å²) >= 11 is 0. The number of carbonyl (C=O) groups excluding carboxylic acids is 3. The van der Waals surface area contributed by atoms with Crippen LogP contribution < -0.4 is 22.2 Å². The molecule has 12 nitrogen and oxygen atoms in total. The van der Waals surface area contributed by atoms with E-state index < -0.39 is 18.0 Å². The van der Waals surface area contributed by atoms with Crippen molar-refractivity contribution in [1.29, 1.82) is 0 Å². The van der Waals surface area contributed by atoms with Crippen LogP contribution in [0.1, 0.15) is 32.8 Å². The van der Waals surface area contributed by atoms with Crippen molar-refractivity contribution in [3.8, 4) is 0 Å². The van der Waals surface area contributed by atoms with E-state index in [0.717, 1.165) is 11.2 Å². The van der Waals surface area contributed by atoms with E-state index in [1.807, 2.05) is 0 Å². The maximum absolute atomic E-state index is 14.3. The maximum Gasteiger partial charge on any atom is 0.337 e. The van der Waals surface area contributed by atoms with Gasteiger partial charge < -0.3 is 26.1 Å². The Bertz CT molecular complexity index is 1010. The molecule has 2 amide bonds. The molecule has 6 N–H and O–H groups in total. The molecule has 33 heavy (non-hydrogen) atoms. The number of hydrogen-bond acceptors (Lipinski definition) is 9. The van der Waals surface area contributed by atoms with Gasteiger partial charge in [-0.1, -0.05) is 17.3 Å². The Morgan fingerprint density at radius 3 is 2.82 bits per heavy atom. The number of rotatable bonds is 11. The van der Waals surface area contributed by atoms with E-state index in [1.54, 1.807) is 24.3 Å². The van der Waals surface area contributed by atoms with Gasteiger partial charge in [0.15, 0.2) is 5.69 Å². The van der Waals surface area contributed by atoms with E-state index in [2.05, 4.69) is 25.7 Å². The van der Waals surface area contributed by atoms with Crippen LogP contribution in [0, 0.1) is 0 Å². The average Bonchev–Trinajstić information content (AvgIpc) is 3.29. The summed E-state index contributed by atoms with van der Waals surface area (Å²) < 4.78 is 20.3. The quantitative estimate of drug-likeness (QED) is 0.148. The Kier molecular flexibility index (Phi) is 9.30. The summed E-state index contributed by atoms with van der Waals surface area (Å²) in [5.74, 6) is 4.26. The molecule has 0 aliphatic heterocycles. The van der Waals surface area contributed by atoms with Gasteiger partial charge >= 0.3 is 5.97 Å². The molecule has 0 saturated carbocycles. The van der Waals surface area contributed by atoms with E-state index in [-0.39, 0.29) is 43.4 Å². The van der Waals surface area contributed by atoms with Gasteiger partial charge in [0.05, 0.1) is 25.4 Å². The number of aromatic nitrogens is 3. The second-order valence-electron chi connectivity index (χ2n) is 6.99. The van der Waals surface area contributed by atoms with Crippen LogP contribution in [0.4, 0.5) is 4.39 Å². The number of amides is 2. The molecule has 0 aliphatic rings. The zero-order chi connectivity index (χ0) is 24.4. The number of hydrogen-bond donors (Lipinski definition) is 4. The smallest absolute Gasteiger partial charge is 0.337 e. The van der Waals surface area contributed by atoms with E-state index in [0.29, 0.717) is 11.1 Å². The molecular weight excluding hydrogens is 435 g/mol. The van der Waals surface area contributed by atoms with Gasteiger partial charge in [-0.2, -0.15) is 0 Å². The van der Waals surface area contributed by atoms with Crippen molar-refractivity contribution in [2.24, 2.45) is 11.6 Å². The third-order valence-corrected chi connectivity index (χ3v) is 4.45. The van der Waals surface area contributed by atoms with Crippen LogP contribution in [0.3, 0.4) is 0 Å². The Labute approximate surface area is 189 Å². The van der Waals surface area contributed by atoms with Gasteiger partial charge in [0, 0.05) is 32.8 Å². The molecule has 0 fully saturated rings. The highest BCUT2D eigenvalue weighted by molar-refractivity contribution is 5.92. The Hall–Kier alpha value is -4.00. The minimum Gasteiger partial charge on any atom is -0.465 e. The lowest BCUT2D eigenvalue weighted by molar-refractivity contribution is -0.117. The highest BCUT2D eigenvalue weighted by Crippen LogP contribution is 2.07. The fraction of sp³-hybridized carbons (Fsp3) is 0.350. The minimum absolute atomic E-state index is 0.0563. The standard InChI is InChI=1S/C20H27FN8O4/c1-24-19(31)17-12-29(27-26-17)7-6-15(21)10-28(23)11-16(22)18(30)25-9-13-4-3-5-14(8-13)20(32)33-2/h3-5,8,11-12,15H,6-7,9-10,22-23H2,1-2H3,(H,24,31)(H,25,30)/b16-11-. The van der Waals surface area contributed by atoms with Crippen molar-refractivity contribution < 1.29 is 23.5 Å². The number of aryl methyl sites for hydroxylation is 1. The summed E-state index contributed by atoms with van der Waals surface area (Å²) in [6, 6.07) is 6.56. The lowest BCUT2D eigenvalue weighted by Crippen LogP contribution is -2.36. The van der Waals surface area contributed by atoms with Gasteiger partial charge in [-0.05, 0) is 17.7 Å². The van der Waals surface area contributed by atoms with Crippen LogP contribution in [-0.2, 0) is 22.6 Å². The fourth-order valence-corrected chi connectivity index (χ4v) is 2.73. The second kappa shape index (κ2) is 12.1. The van der Waals surface area contributed by atoms with Crippen molar-refractivity contribution in [3.63, 3.8) is 0 Å². The van der Waals surface area contributed by atoms with Crippen molar-refractivity contribution in [3.05, 3.63) is 59.2 Å². The number of benzene rings is 1. The monoisotopic (exact) mass is 462 g/mol. The van der Waals surface area contributed by atoms with Crippen LogP contribution >= 0.6 is 0 Å². The molecule has 1 atom stereocenters. The molecule has 0 aliphatic carbocycles. The van der Waals surface area contributed by atoms with E-state index >= 15 is 0 Å². The van der Waals surface area contributed by atoms with Crippen LogP contribution in [0.2, 0.25) is 0 Å². The van der Waals surface area contributed by atoms with Crippen LogP contribution in [0.15, 0.2) is 42.4 Å². The van der Waals surface area contributed by atoms with E-state index in [1.165, 1.54) is 25.0 Å². The minimum atomic E-state index is -1.35. The first-order valence-electron chi connectivity index (χ1n) is 9.93. The molecule has 1 heterocycles. The first kappa shape index (κ1) is 25.3. The van der Waals surface area contributed by atoms with Crippen LogP contribution in [0.25, 0.3) is 0 Å². The Balaban J connectivity index is 1.80. The molecule has 1 unspecified atom stereocenters. The van der Waals surface area contributed by atoms with E-state index in [4.69, 9.17) is 11.6 Å². The number of carbonyl (C=O) groups is 3. The summed E-state index contributed by atoms with van der Waals surface area (Å²) in [6.45, 7) is 0.0833. The first-order valence-corrected chi connectivity index (χ1v) is 9.93. The van der Waals surface area contributed by atoms with Crippen molar-refractivity contribution in [2.45, 2.75) is 25.7 Å². The number of methoxy groups -OCH3 is 1. The molecule has 13 heteroatoms. The average molecular weight is 462 g/mol.